The summed E-state index contributed by atoms with van der Waals surface area (Å²) in [5.41, 5.74) is 3.80. The molecule has 0 saturated carbocycles. The highest BCUT2D eigenvalue weighted by Crippen LogP contribution is 2.38. The van der Waals surface area contributed by atoms with Crippen molar-refractivity contribution in [3.63, 3.8) is 0 Å². The second-order valence-electron chi connectivity index (χ2n) is 6.86. The van der Waals surface area contributed by atoms with Crippen LogP contribution in [0.1, 0.15) is 0 Å². The Balaban J connectivity index is 1.91. The predicted molar refractivity (Wildman–Crippen MR) is 126 cm³/mol. The van der Waals surface area contributed by atoms with Gasteiger partial charge >= 0.3 is 0 Å². The number of methoxy groups -OCH3 is 2. The van der Waals surface area contributed by atoms with Crippen LogP contribution in [0.15, 0.2) is 72.1 Å². The van der Waals surface area contributed by atoms with Crippen molar-refractivity contribution in [1.82, 2.24) is 15.0 Å². The molecular weight excluding hydrogens is 408 g/mol. The monoisotopic (exact) mass is 432 g/mol. The van der Waals surface area contributed by atoms with Gasteiger partial charge in [0.25, 0.3) is 0 Å². The third-order valence-electron chi connectivity index (χ3n) is 5.02. The molecule has 0 aliphatic heterocycles. The Kier molecular flexibility index (Phi) is 6.76. The van der Waals surface area contributed by atoms with Crippen LogP contribution in [-0.2, 0) is 9.47 Å². The van der Waals surface area contributed by atoms with E-state index in [1.165, 1.54) is 17.1 Å². The van der Waals surface area contributed by atoms with Gasteiger partial charge in [-0.15, -0.1) is 0 Å². The molecule has 0 spiro atoms. The first-order valence-corrected chi connectivity index (χ1v) is 11.1. The Hall–Kier alpha value is -3.00. The molecule has 1 N–H and O–H groups in total. The molecule has 6 nitrogen and oxygen atoms in total. The number of benzene rings is 2. The highest BCUT2D eigenvalue weighted by atomic mass is 32.2. The number of nitrogens with zero attached hydrogens (tertiary/aromatic N) is 3. The van der Waals surface area contributed by atoms with E-state index in [1.54, 1.807) is 26.6 Å². The molecule has 4 aromatic rings. The summed E-state index contributed by atoms with van der Waals surface area (Å²) in [6, 6.07) is 18.7. The van der Waals surface area contributed by atoms with Crippen molar-refractivity contribution in [3.05, 3.63) is 67.0 Å². The first-order chi connectivity index (χ1) is 15.2. The van der Waals surface area contributed by atoms with Crippen LogP contribution in [0, 0.1) is 0 Å². The zero-order chi connectivity index (χ0) is 21.6. The minimum Gasteiger partial charge on any atom is -0.364 e. The molecule has 0 aliphatic carbocycles. The van der Waals surface area contributed by atoms with Crippen molar-refractivity contribution in [2.24, 2.45) is 0 Å². The maximum atomic E-state index is 5.35. The average Bonchev–Trinajstić information content (AvgIpc) is 2.84. The molecule has 0 bridgehead atoms. The molecule has 0 saturated heterocycles. The molecule has 0 amide bonds. The second-order valence-corrected chi connectivity index (χ2v) is 7.64. The standard InChI is InChI=1S/C24H24N4O2S/c1-29-20(30-2)15-26-23-21(19-9-8-16-6-4-5-7-18(16)14-19)22(27-24(28-23)31-3)17-10-12-25-13-11-17/h4-14,20H,15H2,1-3H3,(H,26,27,28). The van der Waals surface area contributed by atoms with Gasteiger partial charge in [0.2, 0.25) is 0 Å². The molecule has 158 valence electrons. The summed E-state index contributed by atoms with van der Waals surface area (Å²) in [5, 5.41) is 6.45. The van der Waals surface area contributed by atoms with Gasteiger partial charge in [-0.25, -0.2) is 9.97 Å². The average molecular weight is 433 g/mol. The number of anilines is 1. The molecule has 2 aromatic heterocycles. The molecular formula is C24H24N4O2S. The van der Waals surface area contributed by atoms with Gasteiger partial charge in [-0.3, -0.25) is 4.98 Å². The number of pyridine rings is 1. The first-order valence-electron chi connectivity index (χ1n) is 9.88. The first kappa shape index (κ1) is 21.2. The molecule has 0 fully saturated rings. The number of thioether (sulfide) groups is 1. The summed E-state index contributed by atoms with van der Waals surface area (Å²) in [7, 11) is 3.24. The van der Waals surface area contributed by atoms with Gasteiger partial charge in [0, 0.05) is 32.2 Å². The Labute approximate surface area is 186 Å². The summed E-state index contributed by atoms with van der Waals surface area (Å²) in [6.07, 6.45) is 5.14. The minimum absolute atomic E-state index is 0.387. The molecule has 31 heavy (non-hydrogen) atoms. The van der Waals surface area contributed by atoms with Crippen LogP contribution >= 0.6 is 11.8 Å². The number of rotatable bonds is 8. The van der Waals surface area contributed by atoms with E-state index in [2.05, 4.69) is 40.6 Å². The number of aromatic nitrogens is 3. The number of hydrogen-bond acceptors (Lipinski definition) is 7. The highest BCUT2D eigenvalue weighted by Gasteiger charge is 2.19. The number of nitrogens with one attached hydrogen (secondary N) is 1. The fourth-order valence-electron chi connectivity index (χ4n) is 3.44. The Morgan fingerprint density at radius 2 is 1.65 bits per heavy atom. The fraction of sp³-hybridized carbons (Fsp3) is 0.208. The van der Waals surface area contributed by atoms with Crippen molar-refractivity contribution in [1.29, 1.82) is 0 Å². The van der Waals surface area contributed by atoms with E-state index in [4.69, 9.17) is 19.4 Å². The summed E-state index contributed by atoms with van der Waals surface area (Å²) in [6.45, 7) is 0.453. The van der Waals surface area contributed by atoms with Crippen LogP contribution in [0.4, 0.5) is 5.82 Å². The van der Waals surface area contributed by atoms with Gasteiger partial charge in [0.1, 0.15) is 5.82 Å². The van der Waals surface area contributed by atoms with E-state index in [0.29, 0.717) is 11.7 Å². The van der Waals surface area contributed by atoms with Crippen molar-refractivity contribution >= 4 is 28.4 Å². The quantitative estimate of drug-likeness (QED) is 0.236. The molecule has 2 heterocycles. The molecule has 0 aliphatic rings. The lowest BCUT2D eigenvalue weighted by Gasteiger charge is -2.19. The molecule has 4 rings (SSSR count). The van der Waals surface area contributed by atoms with Crippen LogP contribution < -0.4 is 5.32 Å². The van der Waals surface area contributed by atoms with Crippen LogP contribution in [-0.4, -0.2) is 48.3 Å². The van der Waals surface area contributed by atoms with Crippen molar-refractivity contribution in [2.75, 3.05) is 32.3 Å². The molecule has 0 unspecified atom stereocenters. The number of ether oxygens (including phenoxy) is 2. The molecule has 0 atom stereocenters. The van der Waals surface area contributed by atoms with Crippen LogP contribution in [0.5, 0.6) is 0 Å². The summed E-state index contributed by atoms with van der Waals surface area (Å²) in [5.74, 6) is 0.737. The summed E-state index contributed by atoms with van der Waals surface area (Å²) < 4.78 is 10.7. The lowest BCUT2D eigenvalue weighted by molar-refractivity contribution is -0.0914. The van der Waals surface area contributed by atoms with Gasteiger partial charge < -0.3 is 14.8 Å². The van der Waals surface area contributed by atoms with Crippen LogP contribution in [0.2, 0.25) is 0 Å². The van der Waals surface area contributed by atoms with Crippen molar-refractivity contribution < 1.29 is 9.47 Å². The van der Waals surface area contributed by atoms with Crippen molar-refractivity contribution in [2.45, 2.75) is 11.4 Å². The maximum absolute atomic E-state index is 5.35. The van der Waals surface area contributed by atoms with Crippen LogP contribution in [0.25, 0.3) is 33.2 Å². The number of hydrogen-bond donors (Lipinski definition) is 1. The lowest BCUT2D eigenvalue weighted by Crippen LogP contribution is -2.24. The molecule has 0 radical (unpaired) electrons. The Morgan fingerprint density at radius 3 is 2.35 bits per heavy atom. The van der Waals surface area contributed by atoms with Gasteiger partial charge in [-0.1, -0.05) is 48.2 Å². The molecule has 2 aromatic carbocycles. The minimum atomic E-state index is -0.387. The van der Waals surface area contributed by atoms with E-state index < -0.39 is 0 Å². The largest absolute Gasteiger partial charge is 0.364 e. The topological polar surface area (TPSA) is 69.2 Å². The van der Waals surface area contributed by atoms with Gasteiger partial charge in [-0.2, -0.15) is 0 Å². The van der Waals surface area contributed by atoms with E-state index in [0.717, 1.165) is 33.6 Å². The van der Waals surface area contributed by atoms with Gasteiger partial charge in [0.05, 0.1) is 17.8 Å². The summed E-state index contributed by atoms with van der Waals surface area (Å²) in [4.78, 5) is 13.8. The van der Waals surface area contributed by atoms with E-state index in [9.17, 15) is 0 Å². The van der Waals surface area contributed by atoms with E-state index >= 15 is 0 Å². The third-order valence-corrected chi connectivity index (χ3v) is 5.57. The Morgan fingerprint density at radius 1 is 0.903 bits per heavy atom. The zero-order valence-electron chi connectivity index (χ0n) is 17.7. The maximum Gasteiger partial charge on any atom is 0.189 e. The smallest absolute Gasteiger partial charge is 0.189 e. The lowest BCUT2D eigenvalue weighted by atomic mass is 9.97. The summed E-state index contributed by atoms with van der Waals surface area (Å²) >= 11 is 1.50. The second kappa shape index (κ2) is 9.87. The zero-order valence-corrected chi connectivity index (χ0v) is 18.5. The SMILES string of the molecule is COC(CNc1nc(SC)nc(-c2ccncc2)c1-c1ccc2ccccc2c1)OC. The highest BCUT2D eigenvalue weighted by molar-refractivity contribution is 7.98. The predicted octanol–water partition coefficient (Wildman–Crippen LogP) is 5.11. The van der Waals surface area contributed by atoms with E-state index in [1.807, 2.05) is 30.5 Å². The van der Waals surface area contributed by atoms with Crippen molar-refractivity contribution in [3.8, 4) is 22.4 Å². The molecule has 7 heteroatoms. The van der Waals surface area contributed by atoms with Crippen LogP contribution in [0.3, 0.4) is 0 Å². The number of fused-ring (bicyclic) bond motifs is 1. The van der Waals surface area contributed by atoms with E-state index in [-0.39, 0.29) is 6.29 Å². The van der Waals surface area contributed by atoms with Gasteiger partial charge in [0.15, 0.2) is 11.4 Å². The van der Waals surface area contributed by atoms with Gasteiger partial charge in [-0.05, 0) is 40.8 Å². The normalized spacial score (nSPS) is 11.2. The fourth-order valence-corrected chi connectivity index (χ4v) is 3.80. The Bertz CT molecular complexity index is 1170. The third kappa shape index (κ3) is 4.69.